The van der Waals surface area contributed by atoms with Gasteiger partial charge in [-0.3, -0.25) is 0 Å². The molecule has 0 atom stereocenters. The summed E-state index contributed by atoms with van der Waals surface area (Å²) in [5, 5.41) is 1.03. The number of hydrogen-bond acceptors (Lipinski definition) is 0. The van der Waals surface area contributed by atoms with Crippen molar-refractivity contribution in [3.63, 3.8) is 0 Å². The van der Waals surface area contributed by atoms with E-state index in [4.69, 9.17) is 0 Å². The molecule has 1 fully saturated rings. The first-order chi connectivity index (χ1) is 6.79. The van der Waals surface area contributed by atoms with Crippen LogP contribution in [0.2, 0.25) is 0 Å². The van der Waals surface area contributed by atoms with E-state index in [2.05, 4.69) is 41.2 Å². The maximum Gasteiger partial charge on any atom is -0.0109 e. The third-order valence-electron chi connectivity index (χ3n) is 3.14. The highest BCUT2D eigenvalue weighted by Gasteiger charge is 2.43. The Morgan fingerprint density at radius 1 is 1.07 bits per heavy atom. The van der Waals surface area contributed by atoms with Crippen molar-refractivity contribution < 1.29 is 0 Å². The van der Waals surface area contributed by atoms with Crippen LogP contribution in [0.15, 0.2) is 12.2 Å². The fourth-order valence-corrected chi connectivity index (χ4v) is 7.33. The minimum absolute atomic E-state index is 0.157. The molecule has 0 saturated carbocycles. The van der Waals surface area contributed by atoms with Gasteiger partial charge in [0.15, 0.2) is 0 Å². The van der Waals surface area contributed by atoms with E-state index in [0.29, 0.717) is 10.3 Å². The molecule has 0 radical (unpaired) electrons. The first-order valence-corrected chi connectivity index (χ1v) is 7.77. The van der Waals surface area contributed by atoms with Crippen LogP contribution in [-0.2, 0) is 0 Å². The molecule has 1 saturated heterocycles. The topological polar surface area (TPSA) is 0 Å². The Bertz CT molecular complexity index is 193. The third-order valence-corrected chi connectivity index (χ3v) is 7.01. The van der Waals surface area contributed by atoms with Crippen molar-refractivity contribution >= 4 is 7.92 Å². The maximum absolute atomic E-state index is 4.18. The van der Waals surface area contributed by atoms with Crippen molar-refractivity contribution in [1.82, 2.24) is 0 Å². The Morgan fingerprint density at radius 2 is 1.40 bits per heavy atom. The van der Waals surface area contributed by atoms with Crippen molar-refractivity contribution in [1.29, 1.82) is 0 Å². The Balaban J connectivity index is 0.000000921. The summed E-state index contributed by atoms with van der Waals surface area (Å²) in [7, 11) is 0.157. The number of allylic oxidation sites excluding steroid dienone is 1. The van der Waals surface area contributed by atoms with E-state index in [1.807, 2.05) is 13.8 Å². The van der Waals surface area contributed by atoms with E-state index in [1.54, 1.807) is 0 Å². The van der Waals surface area contributed by atoms with Gasteiger partial charge >= 0.3 is 0 Å². The summed E-state index contributed by atoms with van der Waals surface area (Å²) >= 11 is 0. The third kappa shape index (κ3) is 3.59. The van der Waals surface area contributed by atoms with Gasteiger partial charge in [-0.05, 0) is 29.3 Å². The molecule has 1 rings (SSSR count). The molecule has 15 heavy (non-hydrogen) atoms. The minimum Gasteiger partial charge on any atom is -0.0998 e. The normalized spacial score (nSPS) is 24.3. The monoisotopic (exact) mass is 228 g/mol. The molecule has 90 valence electrons. The predicted octanol–water partition coefficient (Wildman–Crippen LogP) is 5.42. The van der Waals surface area contributed by atoms with Crippen LogP contribution in [0.25, 0.3) is 0 Å². The van der Waals surface area contributed by atoms with E-state index in [1.165, 1.54) is 24.6 Å². The second-order valence-corrected chi connectivity index (χ2v) is 9.38. The molecular weight excluding hydrogens is 199 g/mol. The molecule has 0 spiro atoms. The summed E-state index contributed by atoms with van der Waals surface area (Å²) < 4.78 is 0. The number of rotatable bonds is 1. The molecule has 0 aliphatic carbocycles. The largest absolute Gasteiger partial charge is 0.0998 e. The van der Waals surface area contributed by atoms with E-state index >= 15 is 0 Å². The molecule has 0 aromatic carbocycles. The smallest absolute Gasteiger partial charge is 0.0109 e. The summed E-state index contributed by atoms with van der Waals surface area (Å²) in [5.74, 6) is 0. The van der Waals surface area contributed by atoms with Gasteiger partial charge in [-0.25, -0.2) is 0 Å². The van der Waals surface area contributed by atoms with E-state index < -0.39 is 0 Å². The summed E-state index contributed by atoms with van der Waals surface area (Å²) in [4.78, 5) is 0. The Hall–Kier alpha value is 0.170. The SMILES string of the molecule is C=C1CC(C)(C)P(CC)C(C)(C)C1.CC. The average Bonchev–Trinajstić information content (AvgIpc) is 2.02. The van der Waals surface area contributed by atoms with Crippen molar-refractivity contribution in [2.75, 3.05) is 6.16 Å². The van der Waals surface area contributed by atoms with Crippen LogP contribution in [0, 0.1) is 0 Å². The highest BCUT2D eigenvalue weighted by atomic mass is 31.1. The Labute approximate surface area is 98.3 Å². The van der Waals surface area contributed by atoms with Crippen molar-refractivity contribution in [3.8, 4) is 0 Å². The molecule has 0 bridgehead atoms. The Morgan fingerprint density at radius 3 is 1.67 bits per heavy atom. The van der Waals surface area contributed by atoms with Crippen molar-refractivity contribution in [2.45, 2.75) is 71.6 Å². The molecule has 1 heteroatoms. The van der Waals surface area contributed by atoms with Gasteiger partial charge in [0.05, 0.1) is 0 Å². The molecular formula is C14H29P. The van der Waals surface area contributed by atoms with Crippen LogP contribution in [-0.4, -0.2) is 16.5 Å². The van der Waals surface area contributed by atoms with Crippen molar-refractivity contribution in [3.05, 3.63) is 12.2 Å². The van der Waals surface area contributed by atoms with E-state index in [9.17, 15) is 0 Å². The summed E-state index contributed by atoms with van der Waals surface area (Å²) in [6.45, 7) is 20.2. The van der Waals surface area contributed by atoms with Gasteiger partial charge in [0.2, 0.25) is 0 Å². The fraction of sp³-hybridized carbons (Fsp3) is 0.857. The first kappa shape index (κ1) is 15.2. The predicted molar refractivity (Wildman–Crippen MR) is 75.3 cm³/mol. The zero-order valence-corrected chi connectivity index (χ0v) is 12.7. The van der Waals surface area contributed by atoms with E-state index in [0.717, 1.165) is 0 Å². The fourth-order valence-electron chi connectivity index (χ4n) is 3.15. The van der Waals surface area contributed by atoms with Crippen LogP contribution in [0.1, 0.15) is 61.3 Å². The van der Waals surface area contributed by atoms with Gasteiger partial charge in [-0.1, -0.05) is 68.5 Å². The van der Waals surface area contributed by atoms with Gasteiger partial charge in [-0.15, -0.1) is 0 Å². The average molecular weight is 228 g/mol. The van der Waals surface area contributed by atoms with Gasteiger partial charge in [-0.2, -0.15) is 0 Å². The van der Waals surface area contributed by atoms with Gasteiger partial charge in [0, 0.05) is 0 Å². The van der Waals surface area contributed by atoms with Crippen molar-refractivity contribution in [2.24, 2.45) is 0 Å². The lowest BCUT2D eigenvalue weighted by Gasteiger charge is -2.50. The van der Waals surface area contributed by atoms with Gasteiger partial charge < -0.3 is 0 Å². The Kier molecular flexibility index (Phi) is 5.55. The number of hydrogen-bond donors (Lipinski definition) is 0. The second-order valence-electron chi connectivity index (χ2n) is 5.47. The first-order valence-electron chi connectivity index (χ1n) is 6.24. The molecule has 1 heterocycles. The molecule has 0 N–H and O–H groups in total. The zero-order valence-electron chi connectivity index (χ0n) is 11.8. The molecule has 0 aromatic heterocycles. The molecule has 0 amide bonds. The van der Waals surface area contributed by atoms with Crippen LogP contribution in [0.5, 0.6) is 0 Å². The summed E-state index contributed by atoms with van der Waals surface area (Å²) in [5.41, 5.74) is 1.46. The lowest BCUT2D eigenvalue weighted by atomic mass is 9.94. The minimum atomic E-state index is 0.157. The molecule has 1 aliphatic rings. The van der Waals surface area contributed by atoms with E-state index in [-0.39, 0.29) is 7.92 Å². The maximum atomic E-state index is 4.18. The molecule has 0 unspecified atom stereocenters. The highest BCUT2D eigenvalue weighted by molar-refractivity contribution is 7.61. The molecule has 0 nitrogen and oxygen atoms in total. The highest BCUT2D eigenvalue weighted by Crippen LogP contribution is 2.66. The summed E-state index contributed by atoms with van der Waals surface area (Å²) in [6.07, 6.45) is 3.86. The quantitative estimate of drug-likeness (QED) is 0.415. The lowest BCUT2D eigenvalue weighted by molar-refractivity contribution is 0.553. The standard InChI is InChI=1S/C12H23P.C2H6/c1-7-13-11(3,4)8-10(2)9-12(13,5)6;1-2/h2,7-9H2,1,3-6H3;1-2H3. The molecule has 0 aromatic rings. The van der Waals surface area contributed by atoms with Crippen LogP contribution >= 0.6 is 7.92 Å². The second kappa shape index (κ2) is 5.48. The lowest BCUT2D eigenvalue weighted by Crippen LogP contribution is -2.36. The van der Waals surface area contributed by atoms with Gasteiger partial charge in [0.25, 0.3) is 0 Å². The van der Waals surface area contributed by atoms with Crippen LogP contribution < -0.4 is 0 Å². The van der Waals surface area contributed by atoms with Gasteiger partial charge in [0.1, 0.15) is 0 Å². The van der Waals surface area contributed by atoms with Crippen LogP contribution in [0.4, 0.5) is 0 Å². The zero-order chi connectivity index (χ0) is 12.3. The van der Waals surface area contributed by atoms with Crippen LogP contribution in [0.3, 0.4) is 0 Å². The summed E-state index contributed by atoms with van der Waals surface area (Å²) in [6, 6.07) is 0. The molecule has 1 aliphatic heterocycles.